The number of nitrogens with zero attached hydrogens (tertiary/aromatic N) is 2. The molecule has 11 heavy (non-hydrogen) atoms. The third-order valence-electron chi connectivity index (χ3n) is 0.970. The normalized spacial score (nSPS) is 9.91. The fourth-order valence-electron chi connectivity index (χ4n) is 0.511. The van der Waals surface area contributed by atoms with Crippen molar-refractivity contribution in [3.8, 4) is 0 Å². The van der Waals surface area contributed by atoms with E-state index in [9.17, 15) is 0 Å². The van der Waals surface area contributed by atoms with E-state index in [4.69, 9.17) is 20.7 Å². The van der Waals surface area contributed by atoms with Crippen molar-refractivity contribution in [1.82, 2.24) is 0 Å². The van der Waals surface area contributed by atoms with Gasteiger partial charge in [-0.2, -0.15) is 0 Å². The van der Waals surface area contributed by atoms with Crippen LogP contribution in [0.5, 0.6) is 0 Å². The van der Waals surface area contributed by atoms with Crippen molar-refractivity contribution in [2.45, 2.75) is 0 Å². The molecule has 0 radical (unpaired) electrons. The highest BCUT2D eigenvalue weighted by molar-refractivity contribution is 4.38. The molecule has 0 rings (SSSR count). The molecule has 5 nitrogen and oxygen atoms in total. The third kappa shape index (κ3) is 9.48. The number of nitrogens with two attached hydrogens (primary N) is 1. The van der Waals surface area contributed by atoms with Crippen LogP contribution >= 0.6 is 0 Å². The van der Waals surface area contributed by atoms with Crippen LogP contribution in [0.2, 0.25) is 0 Å². The largest absolute Gasteiger partial charge is 0.712 e. The quantitative estimate of drug-likeness (QED) is 0.401. The molecule has 0 aromatic rings. The Morgan fingerprint density at radius 1 is 1.09 bits per heavy atom. The average molecular weight is 160 g/mol. The summed E-state index contributed by atoms with van der Waals surface area (Å²) in [5, 5.41) is 2.88. The maximum absolute atomic E-state index is 8.00. The molecular weight excluding hydrogens is 146 g/mol. The van der Waals surface area contributed by atoms with Crippen molar-refractivity contribution in [3.63, 3.8) is 0 Å². The van der Waals surface area contributed by atoms with Gasteiger partial charge in [-0.3, -0.25) is 0 Å². The molecule has 66 valence electrons. The molecule has 0 aliphatic carbocycles. The Labute approximate surface area is 66.4 Å². The van der Waals surface area contributed by atoms with Crippen molar-refractivity contribution in [2.24, 2.45) is 10.8 Å². The van der Waals surface area contributed by atoms with Crippen LogP contribution < -0.4 is 5.73 Å². The van der Waals surface area contributed by atoms with E-state index < -0.39 is 0 Å². The lowest BCUT2D eigenvalue weighted by molar-refractivity contribution is 0.0539. The highest BCUT2D eigenvalue weighted by Crippen LogP contribution is 1.78. The first-order valence-electron chi connectivity index (χ1n) is 3.58. The maximum Gasteiger partial charge on any atom is 0.0701 e. The van der Waals surface area contributed by atoms with E-state index in [1.165, 1.54) is 0 Å². The lowest BCUT2D eigenvalue weighted by atomic mass is 10.7. The standard InChI is InChI=1S/C6H14N3O2/c7-1-3-10-5-6-11-4-2-9-8/h1-7H2/q-1. The Hall–Kier alpha value is -0.520. The molecule has 0 heterocycles. The summed E-state index contributed by atoms with van der Waals surface area (Å²) in [6, 6.07) is 0. The van der Waals surface area contributed by atoms with Crippen LogP contribution in [0, 0.1) is 0 Å². The van der Waals surface area contributed by atoms with E-state index >= 15 is 0 Å². The topological polar surface area (TPSA) is 79.1 Å². The first-order chi connectivity index (χ1) is 5.41. The first-order valence-corrected chi connectivity index (χ1v) is 3.58. The van der Waals surface area contributed by atoms with E-state index in [1.807, 2.05) is 0 Å². The van der Waals surface area contributed by atoms with Crippen LogP contribution in [0.15, 0.2) is 5.11 Å². The van der Waals surface area contributed by atoms with E-state index in [2.05, 4.69) is 5.11 Å². The first kappa shape index (κ1) is 10.5. The molecule has 0 saturated heterocycles. The van der Waals surface area contributed by atoms with Gasteiger partial charge in [-0.1, -0.05) is 0 Å². The Morgan fingerprint density at radius 2 is 1.73 bits per heavy atom. The molecule has 0 amide bonds. The van der Waals surface area contributed by atoms with E-state index in [1.54, 1.807) is 0 Å². The Balaban J connectivity index is 2.74. The van der Waals surface area contributed by atoms with Gasteiger partial charge in [-0.05, 0) is 0 Å². The zero-order valence-corrected chi connectivity index (χ0v) is 6.53. The Bertz CT molecular complexity index is 89.9. The zero-order chi connectivity index (χ0) is 8.36. The van der Waals surface area contributed by atoms with Gasteiger partial charge in [0, 0.05) is 13.1 Å². The monoisotopic (exact) mass is 160 g/mol. The molecule has 0 unspecified atom stereocenters. The summed E-state index contributed by atoms with van der Waals surface area (Å²) in [6.45, 7) is 2.91. The smallest absolute Gasteiger partial charge is 0.0701 e. The molecule has 0 aromatic heterocycles. The molecule has 0 saturated carbocycles. The van der Waals surface area contributed by atoms with Gasteiger partial charge >= 0.3 is 0 Å². The minimum atomic E-state index is 0.316. The average Bonchev–Trinajstić information content (AvgIpc) is 2.03. The summed E-state index contributed by atoms with van der Waals surface area (Å²) in [7, 11) is 0. The molecule has 0 fully saturated rings. The summed E-state index contributed by atoms with van der Waals surface area (Å²) < 4.78 is 10.0. The second-order valence-corrected chi connectivity index (χ2v) is 1.88. The van der Waals surface area contributed by atoms with Crippen LogP contribution in [-0.4, -0.2) is 39.5 Å². The molecule has 0 bridgehead atoms. The lowest BCUT2D eigenvalue weighted by Gasteiger charge is -2.03. The fraction of sp³-hybridized carbons (Fsp3) is 1.00. The van der Waals surface area contributed by atoms with Gasteiger partial charge in [-0.15, -0.1) is 0 Å². The molecule has 0 aromatic carbocycles. The summed E-state index contributed by atoms with van der Waals surface area (Å²) in [5.74, 6) is 0. The Morgan fingerprint density at radius 3 is 2.27 bits per heavy atom. The minimum Gasteiger partial charge on any atom is -0.712 e. The SMILES string of the molecule is [N-]=NCCOCCOCCN. The van der Waals surface area contributed by atoms with Crippen LogP contribution in [-0.2, 0) is 9.47 Å². The van der Waals surface area contributed by atoms with E-state index in [-0.39, 0.29) is 0 Å². The van der Waals surface area contributed by atoms with Gasteiger partial charge in [-0.25, -0.2) is 0 Å². The Kier molecular flexibility index (Phi) is 9.03. The van der Waals surface area contributed by atoms with Crippen LogP contribution in [0.1, 0.15) is 0 Å². The van der Waals surface area contributed by atoms with Crippen molar-refractivity contribution >= 4 is 0 Å². The van der Waals surface area contributed by atoms with Gasteiger partial charge < -0.3 is 25.9 Å². The number of rotatable bonds is 8. The van der Waals surface area contributed by atoms with Crippen LogP contribution in [0.3, 0.4) is 0 Å². The van der Waals surface area contributed by atoms with E-state index in [0.29, 0.717) is 39.5 Å². The second-order valence-electron chi connectivity index (χ2n) is 1.88. The van der Waals surface area contributed by atoms with Gasteiger partial charge in [0.2, 0.25) is 0 Å². The molecule has 0 aliphatic heterocycles. The number of ether oxygens (including phenoxy) is 2. The van der Waals surface area contributed by atoms with Crippen LogP contribution in [0.4, 0.5) is 0 Å². The number of hydrogen-bond acceptors (Lipinski definition) is 4. The van der Waals surface area contributed by atoms with Crippen molar-refractivity contribution < 1.29 is 9.47 Å². The summed E-state index contributed by atoms with van der Waals surface area (Å²) >= 11 is 0. The molecular formula is C6H14N3O2-. The predicted molar refractivity (Wildman–Crippen MR) is 41.3 cm³/mol. The summed E-state index contributed by atoms with van der Waals surface area (Å²) in [4.78, 5) is 0. The minimum absolute atomic E-state index is 0.316. The van der Waals surface area contributed by atoms with Gasteiger partial charge in [0.05, 0.1) is 26.4 Å². The van der Waals surface area contributed by atoms with Crippen molar-refractivity contribution in [3.05, 3.63) is 5.53 Å². The predicted octanol–water partition coefficient (Wildman–Crippen LogP) is -0.0001000. The van der Waals surface area contributed by atoms with Gasteiger partial charge in [0.25, 0.3) is 0 Å². The highest BCUT2D eigenvalue weighted by atomic mass is 16.5. The molecule has 2 N–H and O–H groups in total. The summed E-state index contributed by atoms with van der Waals surface area (Å²) in [5.41, 5.74) is 13.2. The third-order valence-corrected chi connectivity index (χ3v) is 0.970. The summed E-state index contributed by atoms with van der Waals surface area (Å²) in [6.07, 6.45) is 0. The molecule has 0 spiro atoms. The van der Waals surface area contributed by atoms with Crippen molar-refractivity contribution in [1.29, 1.82) is 0 Å². The molecule has 0 atom stereocenters. The number of hydrogen-bond donors (Lipinski definition) is 1. The highest BCUT2D eigenvalue weighted by Gasteiger charge is 1.86. The maximum atomic E-state index is 8.00. The molecule has 0 aliphatic rings. The second kappa shape index (κ2) is 9.48. The van der Waals surface area contributed by atoms with Crippen molar-refractivity contribution in [2.75, 3.05) is 39.5 Å². The van der Waals surface area contributed by atoms with Gasteiger partial charge in [0.15, 0.2) is 0 Å². The lowest BCUT2D eigenvalue weighted by Crippen LogP contribution is -2.12. The van der Waals surface area contributed by atoms with Gasteiger partial charge in [0.1, 0.15) is 0 Å². The zero-order valence-electron chi connectivity index (χ0n) is 6.53. The fourth-order valence-corrected chi connectivity index (χ4v) is 0.511. The molecule has 5 heteroatoms. The van der Waals surface area contributed by atoms with Crippen LogP contribution in [0.25, 0.3) is 5.53 Å². The van der Waals surface area contributed by atoms with E-state index in [0.717, 1.165) is 0 Å².